The summed E-state index contributed by atoms with van der Waals surface area (Å²) in [5.74, 6) is 0.699. The first-order valence-electron chi connectivity index (χ1n) is 12.3. The van der Waals surface area contributed by atoms with Crippen LogP contribution in [-0.4, -0.2) is 33.3 Å². The maximum atomic E-state index is 12.6. The Morgan fingerprint density at radius 2 is 1.68 bits per heavy atom. The number of carbonyl (C=O) groups excluding carboxylic acids is 1. The standard InChI is InChI=1S/C29H24BClN6O/c30-22-17-34-37-27(14-25(36-28(22)37)21-6-2-3-7-23(21)31)32-15-18-9-11-19(12-10-18)16-33-29(38)26-13-20-5-1-4-8-24(20)35-26/h1-14,17,32,35H,15-16,30H2,(H,33,38). The summed E-state index contributed by atoms with van der Waals surface area (Å²) in [6.07, 6.45) is 1.81. The van der Waals surface area contributed by atoms with Crippen LogP contribution in [0.3, 0.4) is 0 Å². The van der Waals surface area contributed by atoms with Gasteiger partial charge in [-0.1, -0.05) is 72.3 Å². The van der Waals surface area contributed by atoms with E-state index in [9.17, 15) is 4.79 Å². The maximum Gasteiger partial charge on any atom is 0.267 e. The number of anilines is 1. The molecule has 0 spiro atoms. The molecule has 9 heteroatoms. The van der Waals surface area contributed by atoms with Gasteiger partial charge in [0.1, 0.15) is 19.4 Å². The van der Waals surface area contributed by atoms with Crippen molar-refractivity contribution in [3.05, 3.63) is 113 Å². The van der Waals surface area contributed by atoms with E-state index in [0.29, 0.717) is 23.8 Å². The number of amides is 1. The van der Waals surface area contributed by atoms with Crippen molar-refractivity contribution in [2.45, 2.75) is 13.1 Å². The molecule has 0 saturated heterocycles. The number of carbonyl (C=O) groups is 1. The number of fused-ring (bicyclic) bond motifs is 2. The Balaban J connectivity index is 1.14. The SMILES string of the molecule is Bc1cnn2c(NCc3ccc(CNC(=O)c4cc5ccccc5[nH]4)cc3)cc(-c3ccccc3Cl)nc12. The monoisotopic (exact) mass is 518 g/mol. The number of hydrogen-bond donors (Lipinski definition) is 3. The van der Waals surface area contributed by atoms with Crippen LogP contribution in [0.15, 0.2) is 91.1 Å². The molecule has 6 rings (SSSR count). The average Bonchev–Trinajstić information content (AvgIpc) is 3.55. The number of rotatable bonds is 7. The van der Waals surface area contributed by atoms with Crippen LogP contribution in [0.5, 0.6) is 0 Å². The fourth-order valence-electron chi connectivity index (χ4n) is 4.45. The Morgan fingerprint density at radius 1 is 0.947 bits per heavy atom. The molecule has 0 aliphatic rings. The molecule has 0 fully saturated rings. The van der Waals surface area contributed by atoms with Crippen molar-refractivity contribution >= 4 is 53.2 Å². The quantitative estimate of drug-likeness (QED) is 0.275. The molecule has 1 amide bonds. The number of hydrogen-bond acceptors (Lipinski definition) is 4. The van der Waals surface area contributed by atoms with E-state index < -0.39 is 0 Å². The Morgan fingerprint density at radius 3 is 2.47 bits per heavy atom. The minimum atomic E-state index is -0.127. The molecule has 0 atom stereocenters. The Bertz CT molecular complexity index is 1740. The highest BCUT2D eigenvalue weighted by Gasteiger charge is 2.13. The molecule has 0 unspecified atom stereocenters. The molecule has 0 aliphatic heterocycles. The summed E-state index contributed by atoms with van der Waals surface area (Å²) in [6.45, 7) is 1.04. The van der Waals surface area contributed by atoms with Gasteiger partial charge in [-0.15, -0.1) is 0 Å². The van der Waals surface area contributed by atoms with E-state index >= 15 is 0 Å². The van der Waals surface area contributed by atoms with E-state index in [-0.39, 0.29) is 5.91 Å². The molecular formula is C29H24BClN6O. The van der Waals surface area contributed by atoms with Gasteiger partial charge in [0.25, 0.3) is 5.91 Å². The highest BCUT2D eigenvalue weighted by molar-refractivity contribution is 6.36. The van der Waals surface area contributed by atoms with Crippen molar-refractivity contribution < 1.29 is 4.79 Å². The molecule has 6 aromatic rings. The number of nitrogens with zero attached hydrogens (tertiary/aromatic N) is 3. The molecule has 38 heavy (non-hydrogen) atoms. The van der Waals surface area contributed by atoms with E-state index in [1.807, 2.05) is 91.4 Å². The van der Waals surface area contributed by atoms with Crippen molar-refractivity contribution in [3.63, 3.8) is 0 Å². The third-order valence-corrected chi connectivity index (χ3v) is 6.85. The van der Waals surface area contributed by atoms with Gasteiger partial charge in [0, 0.05) is 46.8 Å². The van der Waals surface area contributed by atoms with E-state index in [4.69, 9.17) is 16.6 Å². The summed E-state index contributed by atoms with van der Waals surface area (Å²) in [6, 6.07) is 27.5. The fourth-order valence-corrected chi connectivity index (χ4v) is 4.68. The smallest absolute Gasteiger partial charge is 0.267 e. The third kappa shape index (κ3) is 4.74. The maximum absolute atomic E-state index is 12.6. The lowest BCUT2D eigenvalue weighted by Crippen LogP contribution is -2.23. The van der Waals surface area contributed by atoms with Crippen LogP contribution in [-0.2, 0) is 13.1 Å². The zero-order chi connectivity index (χ0) is 26.1. The van der Waals surface area contributed by atoms with Gasteiger partial charge in [-0.2, -0.15) is 9.61 Å². The highest BCUT2D eigenvalue weighted by atomic mass is 35.5. The van der Waals surface area contributed by atoms with Crippen LogP contribution in [0, 0.1) is 0 Å². The summed E-state index contributed by atoms with van der Waals surface area (Å²) >= 11 is 6.45. The molecule has 7 nitrogen and oxygen atoms in total. The van der Waals surface area contributed by atoms with Crippen LogP contribution in [0.2, 0.25) is 5.02 Å². The number of aromatic nitrogens is 4. The van der Waals surface area contributed by atoms with E-state index in [1.165, 1.54) is 0 Å². The van der Waals surface area contributed by atoms with Gasteiger partial charge in [0.2, 0.25) is 0 Å². The predicted octanol–water partition coefficient (Wildman–Crippen LogP) is 4.33. The number of benzene rings is 3. The first-order valence-corrected chi connectivity index (χ1v) is 12.7. The number of halogens is 1. The van der Waals surface area contributed by atoms with Crippen LogP contribution in [0.4, 0.5) is 5.82 Å². The molecule has 0 radical (unpaired) electrons. The second kappa shape index (κ2) is 10.1. The summed E-state index contributed by atoms with van der Waals surface area (Å²) in [5, 5.41) is 12.6. The number of H-pyrrole nitrogens is 1. The second-order valence-corrected chi connectivity index (χ2v) is 9.60. The van der Waals surface area contributed by atoms with Gasteiger partial charge < -0.3 is 15.6 Å². The Hall–Kier alpha value is -4.56. The van der Waals surface area contributed by atoms with Crippen LogP contribution in [0.25, 0.3) is 27.8 Å². The topological polar surface area (TPSA) is 87.1 Å². The first kappa shape index (κ1) is 23.8. The van der Waals surface area contributed by atoms with E-state index in [0.717, 1.165) is 50.2 Å². The first-order chi connectivity index (χ1) is 18.5. The van der Waals surface area contributed by atoms with Gasteiger partial charge in [-0.05, 0) is 34.8 Å². The molecule has 3 heterocycles. The molecule has 3 aromatic heterocycles. The fraction of sp³-hybridized carbons (Fsp3) is 0.0690. The molecule has 0 aliphatic carbocycles. The summed E-state index contributed by atoms with van der Waals surface area (Å²) in [7, 11) is 1.99. The lowest BCUT2D eigenvalue weighted by atomic mass is 10.0. The van der Waals surface area contributed by atoms with Gasteiger partial charge >= 0.3 is 0 Å². The molecular weight excluding hydrogens is 495 g/mol. The second-order valence-electron chi connectivity index (χ2n) is 9.19. The zero-order valence-corrected chi connectivity index (χ0v) is 21.5. The van der Waals surface area contributed by atoms with Crippen molar-refractivity contribution in [1.29, 1.82) is 0 Å². The lowest BCUT2D eigenvalue weighted by molar-refractivity contribution is 0.0946. The zero-order valence-electron chi connectivity index (χ0n) is 20.7. The van der Waals surface area contributed by atoms with Gasteiger partial charge in [-0.25, -0.2) is 4.98 Å². The minimum Gasteiger partial charge on any atom is -0.366 e. The average molecular weight is 519 g/mol. The molecule has 0 bridgehead atoms. The normalized spacial score (nSPS) is 11.2. The molecule has 0 saturated carbocycles. The number of nitrogens with one attached hydrogen (secondary N) is 3. The molecule has 3 aromatic carbocycles. The van der Waals surface area contributed by atoms with Gasteiger partial charge in [0.15, 0.2) is 5.65 Å². The Kier molecular flexibility index (Phi) is 6.31. The summed E-state index contributed by atoms with van der Waals surface area (Å²) in [4.78, 5) is 20.6. The van der Waals surface area contributed by atoms with Crippen LogP contribution < -0.4 is 16.1 Å². The van der Waals surface area contributed by atoms with Crippen molar-refractivity contribution in [2.75, 3.05) is 5.32 Å². The largest absolute Gasteiger partial charge is 0.366 e. The summed E-state index contributed by atoms with van der Waals surface area (Å²) in [5.41, 5.74) is 7.06. The van der Waals surface area contributed by atoms with Crippen molar-refractivity contribution in [2.24, 2.45) is 0 Å². The van der Waals surface area contributed by atoms with Crippen molar-refractivity contribution in [1.82, 2.24) is 24.9 Å². The lowest BCUT2D eigenvalue weighted by Gasteiger charge is -2.12. The van der Waals surface area contributed by atoms with Gasteiger partial charge in [0.05, 0.1) is 5.69 Å². The number of aromatic amines is 1. The predicted molar refractivity (Wildman–Crippen MR) is 155 cm³/mol. The van der Waals surface area contributed by atoms with E-state index in [1.54, 1.807) is 0 Å². The van der Waals surface area contributed by atoms with Crippen molar-refractivity contribution in [3.8, 4) is 11.3 Å². The highest BCUT2D eigenvalue weighted by Crippen LogP contribution is 2.28. The molecule has 186 valence electrons. The van der Waals surface area contributed by atoms with Crippen LogP contribution >= 0.6 is 11.6 Å². The number of para-hydroxylation sites is 1. The van der Waals surface area contributed by atoms with Crippen LogP contribution in [0.1, 0.15) is 21.6 Å². The Labute approximate surface area is 225 Å². The van der Waals surface area contributed by atoms with E-state index in [2.05, 4.69) is 32.8 Å². The molecule has 3 N–H and O–H groups in total. The van der Waals surface area contributed by atoms with Gasteiger partial charge in [-0.3, -0.25) is 4.79 Å². The third-order valence-electron chi connectivity index (χ3n) is 6.52. The minimum absolute atomic E-state index is 0.127. The summed E-state index contributed by atoms with van der Waals surface area (Å²) < 4.78 is 1.81.